The predicted molar refractivity (Wildman–Crippen MR) is 139 cm³/mol. The Balaban J connectivity index is 1.54. The summed E-state index contributed by atoms with van der Waals surface area (Å²) in [5, 5.41) is 0. The van der Waals surface area contributed by atoms with E-state index in [1.807, 2.05) is 30.5 Å². The molecule has 0 N–H and O–H groups in total. The number of aromatic nitrogens is 1. The second kappa shape index (κ2) is 7.67. The van der Waals surface area contributed by atoms with Crippen molar-refractivity contribution in [3.63, 3.8) is 0 Å². The maximum absolute atomic E-state index is 6.65. The van der Waals surface area contributed by atoms with Crippen LogP contribution in [-0.2, 0) is 0 Å². The third-order valence-electron chi connectivity index (χ3n) is 6.60. The summed E-state index contributed by atoms with van der Waals surface area (Å²) in [4.78, 5) is 4.32. The molecule has 0 spiro atoms. The number of rotatable bonds is 2. The zero-order valence-corrected chi connectivity index (χ0v) is 18.3. The van der Waals surface area contributed by atoms with E-state index in [0.29, 0.717) is 0 Å². The highest BCUT2D eigenvalue weighted by atomic mass is 16.5. The Kier molecular flexibility index (Phi) is 4.34. The molecule has 5 heteroatoms. The van der Waals surface area contributed by atoms with Gasteiger partial charge < -0.3 is 9.47 Å². The van der Waals surface area contributed by atoms with Gasteiger partial charge in [-0.2, -0.15) is 0 Å². The lowest BCUT2D eigenvalue weighted by Gasteiger charge is -2.33. The first kappa shape index (κ1) is 19.2. The highest BCUT2D eigenvalue weighted by Crippen LogP contribution is 2.35. The molecule has 0 saturated carbocycles. The van der Waals surface area contributed by atoms with E-state index in [0.717, 1.165) is 56.0 Å². The minimum absolute atomic E-state index is 0.00323. The summed E-state index contributed by atoms with van der Waals surface area (Å²) in [5.74, 6) is 3.36. The monoisotopic (exact) mass is 434 g/mol. The Bertz CT molecular complexity index is 1540. The molecule has 4 aromatic carbocycles. The molecule has 0 unspecified atom stereocenters. The minimum Gasteiger partial charge on any atom is -0.459 e. The molecule has 1 aromatic heterocycles. The van der Waals surface area contributed by atoms with Gasteiger partial charge in [0.05, 0.1) is 0 Å². The Morgan fingerprint density at radius 1 is 0.706 bits per heavy atom. The minimum atomic E-state index is -0.00323. The topological polar surface area (TPSA) is 31.4 Å². The van der Waals surface area contributed by atoms with Crippen LogP contribution in [0.15, 0.2) is 109 Å². The normalized spacial score (nSPS) is 12.8. The van der Waals surface area contributed by atoms with Gasteiger partial charge in [-0.3, -0.25) is 4.98 Å². The maximum Gasteiger partial charge on any atom is 0.255 e. The lowest BCUT2D eigenvalue weighted by atomic mass is 9.35. The van der Waals surface area contributed by atoms with Crippen molar-refractivity contribution in [1.82, 2.24) is 4.98 Å². The first-order chi connectivity index (χ1) is 16.9. The average Bonchev–Trinajstić information content (AvgIpc) is 2.91. The van der Waals surface area contributed by atoms with E-state index in [1.165, 1.54) is 5.46 Å². The number of nitrogens with zero attached hydrogens (tertiary/aromatic N) is 1. The number of ether oxygens (including phenoxy) is 2. The lowest BCUT2D eigenvalue weighted by Crippen LogP contribution is -2.57. The summed E-state index contributed by atoms with van der Waals surface area (Å²) in [7, 11) is 2.19. The number of para-hydroxylation sites is 1. The van der Waals surface area contributed by atoms with Crippen LogP contribution in [0.3, 0.4) is 0 Å². The summed E-state index contributed by atoms with van der Waals surface area (Å²) < 4.78 is 13.2. The van der Waals surface area contributed by atoms with E-state index in [4.69, 9.17) is 9.47 Å². The van der Waals surface area contributed by atoms with E-state index in [9.17, 15) is 0 Å². The molecule has 0 bridgehead atoms. The predicted octanol–water partition coefficient (Wildman–Crippen LogP) is 3.13. The van der Waals surface area contributed by atoms with Crippen molar-refractivity contribution in [3.8, 4) is 34.1 Å². The molecule has 0 atom stereocenters. The fourth-order valence-corrected chi connectivity index (χ4v) is 5.07. The molecular weight excluding hydrogens is 416 g/mol. The van der Waals surface area contributed by atoms with Crippen LogP contribution >= 0.6 is 0 Å². The zero-order valence-electron chi connectivity index (χ0n) is 18.3. The zero-order chi connectivity index (χ0) is 22.5. The first-order valence-corrected chi connectivity index (χ1v) is 11.4. The van der Waals surface area contributed by atoms with Gasteiger partial charge in [-0.1, -0.05) is 84.3 Å². The summed E-state index contributed by atoms with van der Waals surface area (Å²) >= 11 is 0. The molecule has 7 rings (SSSR count). The van der Waals surface area contributed by atoms with Crippen molar-refractivity contribution in [2.24, 2.45) is 0 Å². The molecule has 0 saturated heterocycles. The molecule has 0 amide bonds. The molecular formula is C29H18B2NO2. The standard InChI is InChI=1S/C29H18B2NO2/c1-3-9-19(10-4-1)21-17-26-28(29-27(21)30-22-18-32-16-15-24(22)34-29)31(20-11-5-2-6-12-20)23-13-7-8-14-25(23)33-26/h1-18H. The quantitative estimate of drug-likeness (QED) is 0.392. The van der Waals surface area contributed by atoms with Crippen molar-refractivity contribution in [2.75, 3.05) is 0 Å². The summed E-state index contributed by atoms with van der Waals surface area (Å²) in [6.45, 7) is -0.00323. The van der Waals surface area contributed by atoms with E-state index in [-0.39, 0.29) is 6.71 Å². The van der Waals surface area contributed by atoms with Gasteiger partial charge in [0.25, 0.3) is 6.71 Å². The van der Waals surface area contributed by atoms with Crippen LogP contribution < -0.4 is 36.8 Å². The van der Waals surface area contributed by atoms with Gasteiger partial charge >= 0.3 is 0 Å². The maximum atomic E-state index is 6.65. The summed E-state index contributed by atoms with van der Waals surface area (Å²) in [6.07, 6.45) is 3.62. The first-order valence-electron chi connectivity index (χ1n) is 11.4. The molecule has 1 radical (unpaired) electrons. The van der Waals surface area contributed by atoms with Crippen LogP contribution in [0.25, 0.3) is 11.1 Å². The van der Waals surface area contributed by atoms with Crippen LogP contribution in [0, 0.1) is 0 Å². The summed E-state index contributed by atoms with van der Waals surface area (Å²) in [5.41, 5.74) is 7.62. The molecule has 157 valence electrons. The molecule has 5 aromatic rings. The van der Waals surface area contributed by atoms with Crippen molar-refractivity contribution in [1.29, 1.82) is 0 Å². The van der Waals surface area contributed by atoms with Gasteiger partial charge in [0.15, 0.2) is 0 Å². The van der Waals surface area contributed by atoms with Gasteiger partial charge in [-0.15, -0.1) is 0 Å². The van der Waals surface area contributed by atoms with Gasteiger partial charge in [-0.25, -0.2) is 0 Å². The fraction of sp³-hybridized carbons (Fsp3) is 0. The number of hydrogen-bond donors (Lipinski definition) is 0. The van der Waals surface area contributed by atoms with Crippen LogP contribution in [0.1, 0.15) is 0 Å². The van der Waals surface area contributed by atoms with Gasteiger partial charge in [-0.05, 0) is 45.7 Å². The van der Waals surface area contributed by atoms with E-state index in [1.54, 1.807) is 6.20 Å². The highest BCUT2D eigenvalue weighted by molar-refractivity contribution is 6.98. The van der Waals surface area contributed by atoms with Crippen molar-refractivity contribution in [3.05, 3.63) is 109 Å². The van der Waals surface area contributed by atoms with Crippen LogP contribution in [-0.4, -0.2) is 19.0 Å². The molecule has 0 aliphatic carbocycles. The largest absolute Gasteiger partial charge is 0.459 e. The number of hydrogen-bond acceptors (Lipinski definition) is 3. The molecule has 34 heavy (non-hydrogen) atoms. The van der Waals surface area contributed by atoms with Crippen molar-refractivity contribution < 1.29 is 9.47 Å². The number of fused-ring (bicyclic) bond motifs is 5. The average molecular weight is 434 g/mol. The highest BCUT2D eigenvalue weighted by Gasteiger charge is 2.38. The molecule has 3 nitrogen and oxygen atoms in total. The van der Waals surface area contributed by atoms with Crippen LogP contribution in [0.5, 0.6) is 23.0 Å². The van der Waals surface area contributed by atoms with Gasteiger partial charge in [0, 0.05) is 17.9 Å². The van der Waals surface area contributed by atoms with Crippen molar-refractivity contribution >= 4 is 41.3 Å². The van der Waals surface area contributed by atoms with Gasteiger partial charge in [0.2, 0.25) is 7.28 Å². The third kappa shape index (κ3) is 2.97. The lowest BCUT2D eigenvalue weighted by molar-refractivity contribution is 0.469. The summed E-state index contributed by atoms with van der Waals surface area (Å²) in [6, 6.07) is 33.4. The molecule has 2 aliphatic rings. The Morgan fingerprint density at radius 3 is 2.32 bits per heavy atom. The molecule has 0 fully saturated rings. The fourth-order valence-electron chi connectivity index (χ4n) is 5.07. The second-order valence-corrected chi connectivity index (χ2v) is 8.59. The van der Waals surface area contributed by atoms with E-state index in [2.05, 4.69) is 85.1 Å². The second-order valence-electron chi connectivity index (χ2n) is 8.59. The van der Waals surface area contributed by atoms with Crippen molar-refractivity contribution in [2.45, 2.75) is 0 Å². The molecule has 3 heterocycles. The number of benzene rings is 4. The molecule has 2 aliphatic heterocycles. The smallest absolute Gasteiger partial charge is 0.255 e. The Labute approximate surface area is 199 Å². The number of pyridine rings is 1. The van der Waals surface area contributed by atoms with E-state index < -0.39 is 0 Å². The Hall–Kier alpha value is -4.24. The van der Waals surface area contributed by atoms with Crippen LogP contribution in [0.2, 0.25) is 0 Å². The third-order valence-corrected chi connectivity index (χ3v) is 6.60. The van der Waals surface area contributed by atoms with Crippen LogP contribution in [0.4, 0.5) is 0 Å². The van der Waals surface area contributed by atoms with Gasteiger partial charge in [0.1, 0.15) is 23.0 Å². The SMILES string of the molecule is [B]1c2cnccc2Oc2c1c(-c1ccccc1)cc1c2B(c2ccccc2)c2ccccc2O1. The van der Waals surface area contributed by atoms with E-state index >= 15 is 0 Å². The Morgan fingerprint density at radius 2 is 1.47 bits per heavy atom.